The fraction of sp³-hybridized carbons (Fsp3) is 0.429. The third kappa shape index (κ3) is 6.04. The van der Waals surface area contributed by atoms with Crippen LogP contribution in [0.3, 0.4) is 0 Å². The minimum Gasteiger partial charge on any atom is -0.493 e. The van der Waals surface area contributed by atoms with Crippen molar-refractivity contribution in [2.75, 3.05) is 39.1 Å². The number of halogens is 6. The van der Waals surface area contributed by atoms with Gasteiger partial charge in [0.05, 0.1) is 31.0 Å². The summed E-state index contributed by atoms with van der Waals surface area (Å²) in [5.74, 6) is -1.28. The first-order valence-electron chi connectivity index (χ1n) is 10.1. The van der Waals surface area contributed by atoms with E-state index in [-0.39, 0.29) is 11.5 Å². The number of nitrogens with zero attached hydrogens (tertiary/aromatic N) is 1. The molecule has 0 aliphatic carbocycles. The van der Waals surface area contributed by atoms with Gasteiger partial charge in [0, 0.05) is 25.2 Å². The highest BCUT2D eigenvalue weighted by molar-refractivity contribution is 7.92. The molecule has 0 spiro atoms. The van der Waals surface area contributed by atoms with Gasteiger partial charge in [-0.05, 0) is 31.7 Å². The fourth-order valence-corrected chi connectivity index (χ4v) is 4.88. The number of ether oxygens (including phenoxy) is 3. The van der Waals surface area contributed by atoms with Gasteiger partial charge in [-0.3, -0.25) is 4.72 Å². The molecule has 1 N–H and O–H groups in total. The number of rotatable bonds is 7. The minimum absolute atomic E-state index is 0.289. The van der Waals surface area contributed by atoms with Gasteiger partial charge >= 0.3 is 12.4 Å². The number of hydrogen-bond acceptors (Lipinski definition) is 6. The Hall–Kier alpha value is -2.87. The monoisotopic (exact) mass is 528 g/mol. The average molecular weight is 528 g/mol. The first kappa shape index (κ1) is 26.7. The summed E-state index contributed by atoms with van der Waals surface area (Å²) in [7, 11) is -0.987. The molecular formula is C21H22F6N2O5S. The highest BCUT2D eigenvalue weighted by atomic mass is 32.2. The van der Waals surface area contributed by atoms with Crippen molar-refractivity contribution < 1.29 is 49.0 Å². The van der Waals surface area contributed by atoms with Gasteiger partial charge in [0.2, 0.25) is 0 Å². The van der Waals surface area contributed by atoms with Crippen molar-refractivity contribution in [3.63, 3.8) is 0 Å². The van der Waals surface area contributed by atoms with E-state index in [1.54, 1.807) is 7.05 Å². The molecule has 3 rings (SSSR count). The van der Waals surface area contributed by atoms with E-state index in [2.05, 4.69) is 0 Å². The molecule has 14 heteroatoms. The lowest BCUT2D eigenvalue weighted by Crippen LogP contribution is -2.23. The van der Waals surface area contributed by atoms with Gasteiger partial charge in [-0.15, -0.1) is 0 Å². The molecule has 7 nitrogen and oxygen atoms in total. The van der Waals surface area contributed by atoms with Crippen LogP contribution in [0, 0.1) is 0 Å². The molecule has 2 aromatic carbocycles. The Morgan fingerprint density at radius 2 is 1.51 bits per heavy atom. The van der Waals surface area contributed by atoms with Crippen LogP contribution in [0.15, 0.2) is 35.2 Å². The summed E-state index contributed by atoms with van der Waals surface area (Å²) in [6.07, 6.45) is -10.0. The molecule has 1 atom stereocenters. The van der Waals surface area contributed by atoms with E-state index in [4.69, 9.17) is 14.2 Å². The van der Waals surface area contributed by atoms with E-state index in [0.717, 1.165) is 26.4 Å². The van der Waals surface area contributed by atoms with Crippen LogP contribution >= 0.6 is 0 Å². The van der Waals surface area contributed by atoms with Gasteiger partial charge in [0.15, 0.2) is 11.5 Å². The molecule has 0 bridgehead atoms. The Kier molecular flexibility index (Phi) is 7.37. The van der Waals surface area contributed by atoms with Crippen molar-refractivity contribution in [1.29, 1.82) is 0 Å². The van der Waals surface area contributed by atoms with Crippen molar-refractivity contribution >= 4 is 15.7 Å². The minimum atomic E-state index is -5.09. The fourth-order valence-electron chi connectivity index (χ4n) is 3.60. The summed E-state index contributed by atoms with van der Waals surface area (Å²) < 4.78 is 124. The summed E-state index contributed by atoms with van der Waals surface area (Å²) in [6, 6.07) is 3.28. The molecule has 1 aliphatic rings. The quantitative estimate of drug-likeness (QED) is 0.529. The van der Waals surface area contributed by atoms with Crippen LogP contribution in [0.25, 0.3) is 0 Å². The Bertz CT molecular complexity index is 1180. The molecule has 194 valence electrons. The highest BCUT2D eigenvalue weighted by Gasteiger charge is 2.40. The van der Waals surface area contributed by atoms with Gasteiger partial charge in [0.25, 0.3) is 10.0 Å². The van der Waals surface area contributed by atoms with Gasteiger partial charge in [-0.25, -0.2) is 8.42 Å². The molecule has 1 unspecified atom stereocenters. The third-order valence-corrected chi connectivity index (χ3v) is 6.68. The average Bonchev–Trinajstić information content (AvgIpc) is 3.15. The second-order valence-electron chi connectivity index (χ2n) is 7.81. The molecule has 1 heterocycles. The van der Waals surface area contributed by atoms with Crippen molar-refractivity contribution in [3.05, 3.63) is 41.5 Å². The number of likely N-dealkylation sites (tertiary alicyclic amines) is 1. The molecule has 1 aliphatic heterocycles. The summed E-state index contributed by atoms with van der Waals surface area (Å²) in [4.78, 5) is 0.655. The molecule has 0 saturated carbocycles. The van der Waals surface area contributed by atoms with Gasteiger partial charge in [-0.2, -0.15) is 26.3 Å². The van der Waals surface area contributed by atoms with Crippen LogP contribution in [-0.2, 0) is 22.4 Å². The summed E-state index contributed by atoms with van der Waals surface area (Å²) >= 11 is 0. The standard InChI is InChI=1S/C21H22F6N2O5S/c1-29-7-6-13(11-29)34-16-8-12(4-5-14(16)20(22,23)24)28-35(30,31)19-10-18(33-3)17(32-2)9-15(19)21(25,26)27/h4-5,8-10,13,28H,6-7,11H2,1-3H3. The van der Waals surface area contributed by atoms with Crippen molar-refractivity contribution in [2.24, 2.45) is 0 Å². The van der Waals surface area contributed by atoms with Crippen molar-refractivity contribution in [2.45, 2.75) is 29.8 Å². The number of methoxy groups -OCH3 is 2. The molecule has 1 saturated heterocycles. The van der Waals surface area contributed by atoms with E-state index in [1.165, 1.54) is 0 Å². The van der Waals surface area contributed by atoms with E-state index in [1.807, 2.05) is 9.62 Å². The lowest BCUT2D eigenvalue weighted by molar-refractivity contribution is -0.140. The largest absolute Gasteiger partial charge is 0.493 e. The number of alkyl halides is 6. The number of benzene rings is 2. The lowest BCUT2D eigenvalue weighted by atomic mass is 10.1. The summed E-state index contributed by atoms with van der Waals surface area (Å²) in [5, 5.41) is 0. The molecule has 1 fully saturated rings. The van der Waals surface area contributed by atoms with Crippen LogP contribution in [0.4, 0.5) is 32.0 Å². The zero-order valence-electron chi connectivity index (χ0n) is 18.7. The van der Waals surface area contributed by atoms with Crippen LogP contribution in [0.2, 0.25) is 0 Å². The molecule has 35 heavy (non-hydrogen) atoms. The first-order valence-corrected chi connectivity index (χ1v) is 11.6. The smallest absolute Gasteiger partial charge is 0.419 e. The number of anilines is 1. The SMILES string of the molecule is COc1cc(C(F)(F)F)c(S(=O)(=O)Nc2ccc(C(F)(F)F)c(OC3CCN(C)C3)c2)cc1OC. The summed E-state index contributed by atoms with van der Waals surface area (Å²) in [5.41, 5.74) is -3.10. The first-order chi connectivity index (χ1) is 16.2. The van der Waals surface area contributed by atoms with E-state index in [0.29, 0.717) is 37.7 Å². The number of likely N-dealkylation sites (N-methyl/N-ethyl adjacent to an activating group) is 1. The zero-order valence-corrected chi connectivity index (χ0v) is 19.6. The zero-order chi connectivity index (χ0) is 26.2. The van der Waals surface area contributed by atoms with Crippen molar-refractivity contribution in [3.8, 4) is 17.2 Å². The Labute approximate surface area is 197 Å². The Balaban J connectivity index is 2.04. The van der Waals surface area contributed by atoms with Gasteiger partial charge in [-0.1, -0.05) is 0 Å². The Morgan fingerprint density at radius 1 is 0.914 bits per heavy atom. The van der Waals surface area contributed by atoms with Crippen LogP contribution in [0.1, 0.15) is 17.5 Å². The highest BCUT2D eigenvalue weighted by Crippen LogP contribution is 2.42. The van der Waals surface area contributed by atoms with E-state index in [9.17, 15) is 34.8 Å². The van der Waals surface area contributed by atoms with Crippen LogP contribution < -0.4 is 18.9 Å². The maximum atomic E-state index is 13.6. The third-order valence-electron chi connectivity index (χ3n) is 5.26. The van der Waals surface area contributed by atoms with Crippen LogP contribution in [0.5, 0.6) is 17.2 Å². The molecule has 2 aromatic rings. The second-order valence-corrected chi connectivity index (χ2v) is 9.46. The molecular weight excluding hydrogens is 506 g/mol. The maximum Gasteiger partial charge on any atom is 0.419 e. The number of sulfonamides is 1. The maximum absolute atomic E-state index is 13.6. The number of hydrogen-bond donors (Lipinski definition) is 1. The van der Waals surface area contributed by atoms with E-state index < -0.39 is 55.9 Å². The van der Waals surface area contributed by atoms with Gasteiger partial charge in [0.1, 0.15) is 16.7 Å². The predicted molar refractivity (Wildman–Crippen MR) is 113 cm³/mol. The molecule has 0 amide bonds. The predicted octanol–water partition coefficient (Wildman–Crippen LogP) is 4.63. The Morgan fingerprint density at radius 3 is 2.03 bits per heavy atom. The molecule has 0 radical (unpaired) electrons. The van der Waals surface area contributed by atoms with E-state index >= 15 is 0 Å². The summed E-state index contributed by atoms with van der Waals surface area (Å²) in [6.45, 7) is 0.950. The second kappa shape index (κ2) is 9.64. The number of nitrogens with one attached hydrogen (secondary N) is 1. The lowest BCUT2D eigenvalue weighted by Gasteiger charge is -2.20. The van der Waals surface area contributed by atoms with Crippen LogP contribution in [-0.4, -0.2) is 53.8 Å². The normalized spacial score (nSPS) is 17.3. The van der Waals surface area contributed by atoms with Gasteiger partial charge < -0.3 is 19.1 Å². The topological polar surface area (TPSA) is 77.1 Å². The molecule has 0 aromatic heterocycles. The van der Waals surface area contributed by atoms with Crippen molar-refractivity contribution in [1.82, 2.24) is 4.90 Å².